The van der Waals surface area contributed by atoms with Crippen LogP contribution in [0.3, 0.4) is 0 Å². The smallest absolute Gasteiger partial charge is 0.303 e. The van der Waals surface area contributed by atoms with Crippen molar-refractivity contribution in [2.24, 2.45) is 11.8 Å². The Morgan fingerprint density at radius 3 is 2.83 bits per heavy atom. The maximum Gasteiger partial charge on any atom is 0.303 e. The predicted octanol–water partition coefficient (Wildman–Crippen LogP) is 3.16. The standard InChI is InChI=1S/C19H32O5/c1-2-3-5-14(20)7-8-15-16(18-10-9-17(15)24-18)11-13-23-12-4-6-19(21)22/h7-8,14-18,20H,2-6,9-13H2,1H3,(H,21,22)/b8-7+/t14?,15-,16+,17-,18+/m1/s1. The molecule has 5 atom stereocenters. The quantitative estimate of drug-likeness (QED) is 0.421. The van der Waals surface area contributed by atoms with Crippen LogP contribution in [-0.4, -0.2) is 47.7 Å². The second kappa shape index (κ2) is 10.2. The zero-order valence-electron chi connectivity index (χ0n) is 14.7. The number of hydrogen-bond donors (Lipinski definition) is 2. The SMILES string of the molecule is CCCCC(O)/C=C/[C@@H]1[C@H](CCOCCCC(=O)O)[C@@H]2CC[C@H]1O2. The Morgan fingerprint density at radius 1 is 1.29 bits per heavy atom. The average molecular weight is 340 g/mol. The molecule has 0 aromatic carbocycles. The van der Waals surface area contributed by atoms with Gasteiger partial charge in [0.15, 0.2) is 0 Å². The van der Waals surface area contributed by atoms with Gasteiger partial charge in [0.1, 0.15) is 0 Å². The average Bonchev–Trinajstić information content (AvgIpc) is 3.15. The van der Waals surface area contributed by atoms with Crippen molar-refractivity contribution in [2.45, 2.75) is 76.6 Å². The summed E-state index contributed by atoms with van der Waals surface area (Å²) in [5.41, 5.74) is 0. The molecule has 2 fully saturated rings. The molecule has 0 aliphatic carbocycles. The molecule has 2 heterocycles. The third-order valence-corrected chi connectivity index (χ3v) is 5.17. The first kappa shape index (κ1) is 19.4. The largest absolute Gasteiger partial charge is 0.481 e. The lowest BCUT2D eigenvalue weighted by atomic mass is 9.77. The van der Waals surface area contributed by atoms with E-state index in [1.165, 1.54) is 0 Å². The van der Waals surface area contributed by atoms with E-state index in [-0.39, 0.29) is 12.5 Å². The minimum absolute atomic E-state index is 0.165. The molecule has 0 spiro atoms. The van der Waals surface area contributed by atoms with E-state index < -0.39 is 5.97 Å². The number of ether oxygens (including phenoxy) is 2. The van der Waals surface area contributed by atoms with Crippen LogP contribution in [0, 0.1) is 11.8 Å². The number of fused-ring (bicyclic) bond motifs is 2. The second-order valence-electron chi connectivity index (χ2n) is 7.02. The van der Waals surface area contributed by atoms with Gasteiger partial charge in [-0.3, -0.25) is 4.79 Å². The molecule has 0 aromatic rings. The summed E-state index contributed by atoms with van der Waals surface area (Å²) in [6.07, 6.45) is 11.3. The zero-order chi connectivity index (χ0) is 17.4. The van der Waals surface area contributed by atoms with Gasteiger partial charge in [0.25, 0.3) is 0 Å². The molecular formula is C19H32O5. The molecular weight excluding hydrogens is 308 g/mol. The molecule has 2 saturated heterocycles. The minimum atomic E-state index is -0.771. The molecule has 5 nitrogen and oxygen atoms in total. The van der Waals surface area contributed by atoms with Crippen molar-refractivity contribution in [3.05, 3.63) is 12.2 Å². The van der Waals surface area contributed by atoms with E-state index in [0.717, 1.165) is 38.5 Å². The first-order valence-corrected chi connectivity index (χ1v) is 9.43. The highest BCUT2D eigenvalue weighted by molar-refractivity contribution is 5.66. The van der Waals surface area contributed by atoms with Crippen LogP contribution in [-0.2, 0) is 14.3 Å². The van der Waals surface area contributed by atoms with Crippen molar-refractivity contribution >= 4 is 5.97 Å². The van der Waals surface area contributed by atoms with Gasteiger partial charge in [-0.25, -0.2) is 0 Å². The van der Waals surface area contributed by atoms with E-state index in [4.69, 9.17) is 14.6 Å². The van der Waals surface area contributed by atoms with Crippen LogP contribution < -0.4 is 0 Å². The molecule has 24 heavy (non-hydrogen) atoms. The molecule has 0 aromatic heterocycles. The van der Waals surface area contributed by atoms with E-state index in [1.807, 2.05) is 6.08 Å². The number of aliphatic hydroxyl groups excluding tert-OH is 1. The van der Waals surface area contributed by atoms with Crippen LogP contribution >= 0.6 is 0 Å². The van der Waals surface area contributed by atoms with Crippen LogP contribution in [0.4, 0.5) is 0 Å². The molecule has 138 valence electrons. The van der Waals surface area contributed by atoms with Gasteiger partial charge in [0.2, 0.25) is 0 Å². The van der Waals surface area contributed by atoms with Crippen LogP contribution in [0.1, 0.15) is 58.3 Å². The third kappa shape index (κ3) is 5.87. The summed E-state index contributed by atoms with van der Waals surface area (Å²) in [5.74, 6) is 0.0624. The molecule has 0 radical (unpaired) electrons. The van der Waals surface area contributed by atoms with Gasteiger partial charge in [-0.2, -0.15) is 0 Å². The molecule has 0 saturated carbocycles. The maximum absolute atomic E-state index is 10.5. The van der Waals surface area contributed by atoms with E-state index in [0.29, 0.717) is 43.7 Å². The first-order valence-electron chi connectivity index (χ1n) is 9.43. The molecule has 5 heteroatoms. The predicted molar refractivity (Wildman–Crippen MR) is 91.9 cm³/mol. The number of carboxylic acid groups (broad SMARTS) is 1. The Kier molecular flexibility index (Phi) is 8.22. The molecule has 1 unspecified atom stereocenters. The van der Waals surface area contributed by atoms with Crippen molar-refractivity contribution in [1.29, 1.82) is 0 Å². The van der Waals surface area contributed by atoms with Crippen molar-refractivity contribution in [3.63, 3.8) is 0 Å². The fourth-order valence-corrected chi connectivity index (χ4v) is 3.87. The summed E-state index contributed by atoms with van der Waals surface area (Å²) in [4.78, 5) is 10.5. The molecule has 2 aliphatic heterocycles. The van der Waals surface area contributed by atoms with Gasteiger partial charge in [-0.05, 0) is 38.0 Å². The van der Waals surface area contributed by atoms with E-state index in [2.05, 4.69) is 13.0 Å². The van der Waals surface area contributed by atoms with Gasteiger partial charge in [-0.1, -0.05) is 31.9 Å². The van der Waals surface area contributed by atoms with Crippen molar-refractivity contribution in [1.82, 2.24) is 0 Å². The highest BCUT2D eigenvalue weighted by Gasteiger charge is 2.47. The summed E-state index contributed by atoms with van der Waals surface area (Å²) < 4.78 is 11.6. The van der Waals surface area contributed by atoms with E-state index in [1.54, 1.807) is 0 Å². The van der Waals surface area contributed by atoms with Crippen molar-refractivity contribution < 1.29 is 24.5 Å². The summed E-state index contributed by atoms with van der Waals surface area (Å²) in [6.45, 7) is 3.29. The second-order valence-corrected chi connectivity index (χ2v) is 7.02. The summed E-state index contributed by atoms with van der Waals surface area (Å²) in [7, 11) is 0. The number of rotatable bonds is 12. The van der Waals surface area contributed by atoms with Crippen molar-refractivity contribution in [3.8, 4) is 0 Å². The Labute approximate surface area is 145 Å². The number of carbonyl (C=O) groups is 1. The Morgan fingerprint density at radius 2 is 2.08 bits per heavy atom. The number of unbranched alkanes of at least 4 members (excludes halogenated alkanes) is 1. The van der Waals surface area contributed by atoms with E-state index in [9.17, 15) is 9.90 Å². The molecule has 2 N–H and O–H groups in total. The van der Waals surface area contributed by atoms with Gasteiger partial charge in [0.05, 0.1) is 18.3 Å². The zero-order valence-corrected chi connectivity index (χ0v) is 14.7. The van der Waals surface area contributed by atoms with Gasteiger partial charge in [-0.15, -0.1) is 0 Å². The lowest BCUT2D eigenvalue weighted by Crippen LogP contribution is -2.27. The number of aliphatic hydroxyl groups is 1. The highest BCUT2D eigenvalue weighted by atomic mass is 16.5. The Hall–Kier alpha value is -0.910. The summed E-state index contributed by atoms with van der Waals surface area (Å²) in [5, 5.41) is 18.6. The summed E-state index contributed by atoms with van der Waals surface area (Å²) in [6, 6.07) is 0. The fraction of sp³-hybridized carbons (Fsp3) is 0.842. The van der Waals surface area contributed by atoms with Gasteiger partial charge < -0.3 is 19.7 Å². The molecule has 2 aliphatic rings. The van der Waals surface area contributed by atoms with Crippen LogP contribution in [0.5, 0.6) is 0 Å². The normalized spacial score (nSPS) is 30.2. The topological polar surface area (TPSA) is 76.0 Å². The van der Waals surface area contributed by atoms with Crippen LogP contribution in [0.15, 0.2) is 12.2 Å². The fourth-order valence-electron chi connectivity index (χ4n) is 3.87. The van der Waals surface area contributed by atoms with Crippen molar-refractivity contribution in [2.75, 3.05) is 13.2 Å². The molecule has 0 amide bonds. The lowest BCUT2D eigenvalue weighted by Gasteiger charge is -2.26. The monoisotopic (exact) mass is 340 g/mol. The first-order chi connectivity index (χ1) is 11.6. The number of hydrogen-bond acceptors (Lipinski definition) is 4. The van der Waals surface area contributed by atoms with Crippen LogP contribution in [0.2, 0.25) is 0 Å². The molecule has 2 bridgehead atoms. The minimum Gasteiger partial charge on any atom is -0.481 e. The van der Waals surface area contributed by atoms with Gasteiger partial charge >= 0.3 is 5.97 Å². The number of aliphatic carboxylic acids is 1. The van der Waals surface area contributed by atoms with Crippen LogP contribution in [0.25, 0.3) is 0 Å². The number of carboxylic acids is 1. The summed E-state index contributed by atoms with van der Waals surface area (Å²) >= 11 is 0. The maximum atomic E-state index is 10.5. The lowest BCUT2D eigenvalue weighted by molar-refractivity contribution is -0.137. The van der Waals surface area contributed by atoms with E-state index >= 15 is 0 Å². The molecule has 2 rings (SSSR count). The van der Waals surface area contributed by atoms with Gasteiger partial charge in [0, 0.05) is 25.6 Å². The Bertz CT molecular complexity index is 409. The third-order valence-electron chi connectivity index (χ3n) is 5.17. The highest BCUT2D eigenvalue weighted by Crippen LogP contribution is 2.45. The Balaban J connectivity index is 1.73.